The molecule has 38 valence electrons. The van der Waals surface area contributed by atoms with Crippen molar-refractivity contribution in [2.45, 2.75) is 25.7 Å². The Morgan fingerprint density at radius 3 is 2.14 bits per heavy atom. The van der Waals surface area contributed by atoms with Gasteiger partial charge in [0.15, 0.2) is 0 Å². The molecule has 1 aliphatic rings. The van der Waals surface area contributed by atoms with Crippen molar-refractivity contribution >= 4 is 17.2 Å². The fourth-order valence-electron chi connectivity index (χ4n) is 0.904. The van der Waals surface area contributed by atoms with Gasteiger partial charge < -0.3 is 0 Å². The molecule has 1 rings (SSSR count). The molecule has 0 aromatic rings. The summed E-state index contributed by atoms with van der Waals surface area (Å²) < 4.78 is 0. The summed E-state index contributed by atoms with van der Waals surface area (Å²) in [6.07, 6.45) is 5.09. The van der Waals surface area contributed by atoms with Gasteiger partial charge in [-0.1, -0.05) is 0 Å². The van der Waals surface area contributed by atoms with Gasteiger partial charge in [-0.05, 0) is 48.5 Å². The van der Waals surface area contributed by atoms with Crippen LogP contribution in [0, 0.1) is 0 Å². The normalized spacial score (nSPS) is 19.7. The second kappa shape index (κ2) is 2.25. The van der Waals surface area contributed by atoms with E-state index in [-0.39, 0.29) is 0 Å². The molecule has 0 aromatic carbocycles. The van der Waals surface area contributed by atoms with Crippen LogP contribution in [0.3, 0.4) is 0 Å². The van der Waals surface area contributed by atoms with Crippen LogP contribution in [0.25, 0.3) is 0 Å². The maximum atomic E-state index is 4.62. The van der Waals surface area contributed by atoms with Gasteiger partial charge in [-0.15, -0.1) is 0 Å². The molecule has 0 amide bonds. The highest BCUT2D eigenvalue weighted by atomic mass is 32.1. The van der Waals surface area contributed by atoms with Crippen molar-refractivity contribution in [3.8, 4) is 0 Å². The zero-order chi connectivity index (χ0) is 5.11. The number of rotatable bonds is 0. The molecule has 0 unspecified atom stereocenters. The quantitative estimate of drug-likeness (QED) is 0.432. The largest absolute Gasteiger partial charge is 0.0486 e. The summed E-state index contributed by atoms with van der Waals surface area (Å²) in [6, 6.07) is 0. The van der Waals surface area contributed by atoms with Gasteiger partial charge in [-0.3, -0.25) is 0 Å². The van der Waals surface area contributed by atoms with Gasteiger partial charge in [0.2, 0.25) is 0 Å². The predicted octanol–water partition coefficient (Wildman–Crippen LogP) is 2.09. The topological polar surface area (TPSA) is 0 Å². The molecule has 1 fully saturated rings. The minimum absolute atomic E-state index is 1.21. The highest BCUT2D eigenvalue weighted by Gasteiger charge is 2.03. The fourth-order valence-corrected chi connectivity index (χ4v) is 1.11. The van der Waals surface area contributed by atoms with Crippen molar-refractivity contribution in [1.82, 2.24) is 0 Å². The zero-order valence-electron chi connectivity index (χ0n) is 4.24. The third kappa shape index (κ3) is 1.12. The first-order chi connectivity index (χ1) is 3.43. The van der Waals surface area contributed by atoms with Crippen molar-refractivity contribution in [3.63, 3.8) is 0 Å². The van der Waals surface area contributed by atoms with Gasteiger partial charge in [0, 0.05) is 0 Å². The summed E-state index contributed by atoms with van der Waals surface area (Å²) in [7, 11) is 0. The maximum Gasteiger partial charge on any atom is -0.0168 e. The van der Waals surface area contributed by atoms with E-state index in [1.54, 1.807) is 0 Å². The highest BCUT2D eigenvalue weighted by molar-refractivity contribution is 7.78. The second-order valence-electron chi connectivity index (χ2n) is 1.91. The molecule has 7 heavy (non-hydrogen) atoms. The molecule has 1 saturated carbocycles. The molecule has 1 aliphatic carbocycles. The Morgan fingerprint density at radius 1 is 1.29 bits per heavy atom. The number of allylic oxidation sites excluding steroid dienone is 1. The summed E-state index contributed by atoms with van der Waals surface area (Å²) in [5.41, 5.74) is 1.36. The van der Waals surface area contributed by atoms with E-state index in [0.29, 0.717) is 0 Å². The Balaban J connectivity index is 2.57. The monoisotopic (exact) mass is 112 g/mol. The van der Waals surface area contributed by atoms with E-state index in [2.05, 4.69) is 17.2 Å². The molecule has 0 spiro atoms. The van der Waals surface area contributed by atoms with Crippen LogP contribution < -0.4 is 0 Å². The summed E-state index contributed by atoms with van der Waals surface area (Å²) in [5, 5.41) is 2.76. The number of thiocarbonyl (C=S) groups is 1. The van der Waals surface area contributed by atoms with Crippen LogP contribution in [0.2, 0.25) is 0 Å². The summed E-state index contributed by atoms with van der Waals surface area (Å²) in [5.74, 6) is 0. The van der Waals surface area contributed by atoms with Crippen molar-refractivity contribution in [2.24, 2.45) is 0 Å². The molecule has 0 radical (unpaired) electrons. The Hall–Kier alpha value is -0.130. The van der Waals surface area contributed by atoms with Crippen LogP contribution in [-0.2, 0) is 0 Å². The van der Waals surface area contributed by atoms with Gasteiger partial charge in [-0.2, -0.15) is 0 Å². The summed E-state index contributed by atoms with van der Waals surface area (Å²) in [4.78, 5) is 0. The molecule has 0 aliphatic heterocycles. The molecule has 0 saturated heterocycles. The molecule has 0 N–H and O–H groups in total. The summed E-state index contributed by atoms with van der Waals surface area (Å²) in [6.45, 7) is 0. The molecule has 0 bridgehead atoms. The van der Waals surface area contributed by atoms with Gasteiger partial charge >= 0.3 is 0 Å². The molecule has 0 nitrogen and oxygen atoms in total. The van der Waals surface area contributed by atoms with Gasteiger partial charge in [0.05, 0.1) is 0 Å². The first-order valence-corrected chi connectivity index (χ1v) is 3.07. The Bertz CT molecular complexity index is 101. The van der Waals surface area contributed by atoms with Crippen molar-refractivity contribution < 1.29 is 0 Å². The van der Waals surface area contributed by atoms with Crippen LogP contribution in [0.1, 0.15) is 25.7 Å². The van der Waals surface area contributed by atoms with Crippen LogP contribution in [0.5, 0.6) is 0 Å². The molecule has 1 heteroatoms. The van der Waals surface area contributed by atoms with Crippen LogP contribution in [-0.4, -0.2) is 5.02 Å². The van der Waals surface area contributed by atoms with Gasteiger partial charge in [0.25, 0.3) is 0 Å². The van der Waals surface area contributed by atoms with E-state index in [1.165, 1.54) is 31.3 Å². The minimum atomic E-state index is 1.21. The lowest BCUT2D eigenvalue weighted by Crippen LogP contribution is -1.66. The molecule has 0 atom stereocenters. The fraction of sp³-hybridized carbons (Fsp3) is 0.667. The van der Waals surface area contributed by atoms with E-state index in [1.807, 2.05) is 0 Å². The van der Waals surface area contributed by atoms with Gasteiger partial charge in [-0.25, -0.2) is 0 Å². The standard InChI is InChI=1S/C6H8S/c7-5-6-3-1-2-4-6/h1-4H2. The van der Waals surface area contributed by atoms with Crippen molar-refractivity contribution in [3.05, 3.63) is 5.57 Å². The Morgan fingerprint density at radius 2 is 1.86 bits per heavy atom. The van der Waals surface area contributed by atoms with Crippen molar-refractivity contribution in [2.75, 3.05) is 0 Å². The lowest BCUT2D eigenvalue weighted by atomic mass is 10.3. The third-order valence-electron chi connectivity index (χ3n) is 1.35. The highest BCUT2D eigenvalue weighted by Crippen LogP contribution is 2.20. The van der Waals surface area contributed by atoms with Crippen molar-refractivity contribution in [1.29, 1.82) is 0 Å². The van der Waals surface area contributed by atoms with E-state index >= 15 is 0 Å². The first kappa shape index (κ1) is 5.02. The zero-order valence-corrected chi connectivity index (χ0v) is 5.05. The van der Waals surface area contributed by atoms with E-state index in [9.17, 15) is 0 Å². The summed E-state index contributed by atoms with van der Waals surface area (Å²) >= 11 is 4.62. The number of hydrogen-bond donors (Lipinski definition) is 0. The Labute approximate surface area is 49.2 Å². The van der Waals surface area contributed by atoms with Crippen LogP contribution >= 0.6 is 12.2 Å². The Kier molecular flexibility index (Phi) is 1.61. The third-order valence-corrected chi connectivity index (χ3v) is 1.64. The van der Waals surface area contributed by atoms with E-state index in [0.717, 1.165) is 0 Å². The SMILES string of the molecule is S=C=C1CCCC1. The van der Waals surface area contributed by atoms with Crippen LogP contribution in [0.15, 0.2) is 5.57 Å². The smallest absolute Gasteiger partial charge is 0.0168 e. The minimum Gasteiger partial charge on any atom is -0.0486 e. The lowest BCUT2D eigenvalue weighted by Gasteiger charge is -1.79. The average Bonchev–Trinajstić information content (AvgIpc) is 2.14. The molecular weight excluding hydrogens is 104 g/mol. The number of hydrogen-bond acceptors (Lipinski definition) is 1. The average molecular weight is 112 g/mol. The van der Waals surface area contributed by atoms with Gasteiger partial charge in [0.1, 0.15) is 0 Å². The second-order valence-corrected chi connectivity index (χ2v) is 2.12. The van der Waals surface area contributed by atoms with E-state index in [4.69, 9.17) is 0 Å². The lowest BCUT2D eigenvalue weighted by molar-refractivity contribution is 0.886. The predicted molar refractivity (Wildman–Crippen MR) is 34.6 cm³/mol. The molecule has 0 heterocycles. The van der Waals surface area contributed by atoms with Crippen LogP contribution in [0.4, 0.5) is 0 Å². The maximum absolute atomic E-state index is 4.62. The molecule has 0 aromatic heterocycles. The first-order valence-electron chi connectivity index (χ1n) is 2.66. The molecular formula is C6H8S. The van der Waals surface area contributed by atoms with E-state index < -0.39 is 0 Å².